The van der Waals surface area contributed by atoms with Crippen molar-refractivity contribution in [2.75, 3.05) is 32.6 Å². The lowest BCUT2D eigenvalue weighted by Gasteiger charge is -2.14. The monoisotopic (exact) mass is 508 g/mol. The van der Waals surface area contributed by atoms with Crippen LogP contribution in [0.25, 0.3) is 0 Å². The minimum absolute atomic E-state index is 0.0160. The van der Waals surface area contributed by atoms with Gasteiger partial charge in [0.2, 0.25) is 10.0 Å². The lowest BCUT2D eigenvalue weighted by Crippen LogP contribution is -2.25. The maximum atomic E-state index is 12.3. The Balaban J connectivity index is 1.93. The standard InChI is InChI=1S/C19H19Cl3N2O6S/c1-11-4-5-12(31(27,28)24(2)3)6-16(11)23-18(25)9-30-19(26)10-29-17-8-14(21)13(20)7-15(17)22/h4-8H,9-10H2,1-3H3,(H,23,25). The number of esters is 1. The van der Waals surface area contributed by atoms with Crippen LogP contribution in [0.4, 0.5) is 5.69 Å². The number of sulfonamides is 1. The number of nitrogens with one attached hydrogen (secondary N) is 1. The van der Waals surface area contributed by atoms with Crippen molar-refractivity contribution in [3.05, 3.63) is 51.0 Å². The SMILES string of the molecule is Cc1ccc(S(=O)(=O)N(C)C)cc1NC(=O)COC(=O)COc1cc(Cl)c(Cl)cc1Cl. The van der Waals surface area contributed by atoms with Gasteiger partial charge in [-0.2, -0.15) is 0 Å². The molecule has 0 bridgehead atoms. The first-order chi connectivity index (χ1) is 14.4. The van der Waals surface area contributed by atoms with E-state index >= 15 is 0 Å². The van der Waals surface area contributed by atoms with E-state index in [2.05, 4.69) is 5.32 Å². The van der Waals surface area contributed by atoms with Crippen LogP contribution in [-0.4, -0.2) is 51.9 Å². The zero-order valence-electron chi connectivity index (χ0n) is 16.7. The van der Waals surface area contributed by atoms with Crippen molar-refractivity contribution in [3.8, 4) is 5.75 Å². The highest BCUT2D eigenvalue weighted by Crippen LogP contribution is 2.33. The van der Waals surface area contributed by atoms with Gasteiger partial charge in [0, 0.05) is 25.8 Å². The molecule has 2 aromatic carbocycles. The summed E-state index contributed by atoms with van der Waals surface area (Å²) in [6.45, 7) is 0.588. The van der Waals surface area contributed by atoms with Gasteiger partial charge >= 0.3 is 5.97 Å². The topological polar surface area (TPSA) is 102 Å². The van der Waals surface area contributed by atoms with Crippen molar-refractivity contribution in [1.29, 1.82) is 0 Å². The smallest absolute Gasteiger partial charge is 0.344 e. The molecule has 8 nitrogen and oxygen atoms in total. The van der Waals surface area contributed by atoms with Crippen LogP contribution in [0.1, 0.15) is 5.56 Å². The molecule has 2 rings (SSSR count). The Morgan fingerprint density at radius 3 is 2.29 bits per heavy atom. The van der Waals surface area contributed by atoms with Crippen molar-refractivity contribution in [1.82, 2.24) is 4.31 Å². The first-order valence-corrected chi connectivity index (χ1v) is 11.2. The highest BCUT2D eigenvalue weighted by Gasteiger charge is 2.19. The third kappa shape index (κ3) is 6.72. The molecule has 0 unspecified atom stereocenters. The number of carbonyl (C=O) groups excluding carboxylic acids is 2. The molecule has 1 N–H and O–H groups in total. The van der Waals surface area contributed by atoms with Crippen LogP contribution in [0.15, 0.2) is 35.2 Å². The number of benzene rings is 2. The second-order valence-electron chi connectivity index (χ2n) is 6.46. The Morgan fingerprint density at radius 1 is 1.00 bits per heavy atom. The van der Waals surface area contributed by atoms with Gasteiger partial charge < -0.3 is 14.8 Å². The fraction of sp³-hybridized carbons (Fsp3) is 0.263. The molecule has 0 aromatic heterocycles. The number of ether oxygens (including phenoxy) is 2. The number of hydrogen-bond donors (Lipinski definition) is 1. The van der Waals surface area contributed by atoms with Gasteiger partial charge in [-0.15, -0.1) is 0 Å². The summed E-state index contributed by atoms with van der Waals surface area (Å²) in [7, 11) is -0.863. The van der Waals surface area contributed by atoms with E-state index in [0.717, 1.165) is 4.31 Å². The average molecular weight is 510 g/mol. The van der Waals surface area contributed by atoms with Gasteiger partial charge in [0.25, 0.3) is 5.91 Å². The fourth-order valence-electron chi connectivity index (χ4n) is 2.23. The third-order valence-electron chi connectivity index (χ3n) is 3.95. The summed E-state index contributed by atoms with van der Waals surface area (Å²) < 4.78 is 35.7. The van der Waals surface area contributed by atoms with Crippen molar-refractivity contribution in [3.63, 3.8) is 0 Å². The molecule has 168 valence electrons. The molecule has 0 aliphatic carbocycles. The molecular weight excluding hydrogens is 491 g/mol. The Labute approximate surface area is 195 Å². The summed E-state index contributed by atoms with van der Waals surface area (Å²) >= 11 is 17.6. The van der Waals surface area contributed by atoms with Gasteiger partial charge in [-0.1, -0.05) is 40.9 Å². The first-order valence-electron chi connectivity index (χ1n) is 8.68. The number of hydrogen-bond acceptors (Lipinski definition) is 6. The Bertz CT molecular complexity index is 1110. The van der Waals surface area contributed by atoms with Gasteiger partial charge in [-0.25, -0.2) is 17.5 Å². The minimum atomic E-state index is -3.67. The van der Waals surface area contributed by atoms with E-state index in [1.165, 1.54) is 38.4 Å². The van der Waals surface area contributed by atoms with Crippen LogP contribution >= 0.6 is 34.8 Å². The molecule has 0 saturated heterocycles. The molecule has 0 aliphatic rings. The fourth-order valence-corrected chi connectivity index (χ4v) is 3.75. The number of rotatable bonds is 8. The summed E-state index contributed by atoms with van der Waals surface area (Å²) in [6.07, 6.45) is 0. The molecule has 0 spiro atoms. The lowest BCUT2D eigenvalue weighted by molar-refractivity contribution is -0.149. The van der Waals surface area contributed by atoms with E-state index in [9.17, 15) is 18.0 Å². The van der Waals surface area contributed by atoms with Crippen molar-refractivity contribution < 1.29 is 27.5 Å². The quantitative estimate of drug-likeness (QED) is 0.429. The highest BCUT2D eigenvalue weighted by molar-refractivity contribution is 7.89. The molecular formula is C19H19Cl3N2O6S. The van der Waals surface area contributed by atoms with Gasteiger partial charge in [0.05, 0.1) is 20.0 Å². The van der Waals surface area contributed by atoms with Crippen LogP contribution in [0.2, 0.25) is 15.1 Å². The predicted octanol–water partition coefficient (Wildman–Crippen LogP) is 3.77. The lowest BCUT2D eigenvalue weighted by atomic mass is 10.2. The van der Waals surface area contributed by atoms with E-state index in [1.807, 2.05) is 0 Å². The second kappa shape index (κ2) is 10.5. The maximum Gasteiger partial charge on any atom is 0.344 e. The molecule has 0 aliphatic heterocycles. The largest absolute Gasteiger partial charge is 0.480 e. The molecule has 12 heteroatoms. The van der Waals surface area contributed by atoms with Crippen LogP contribution in [0.3, 0.4) is 0 Å². The minimum Gasteiger partial charge on any atom is -0.480 e. The molecule has 0 heterocycles. The zero-order chi connectivity index (χ0) is 23.3. The molecule has 0 atom stereocenters. The first kappa shape index (κ1) is 25.2. The summed E-state index contributed by atoms with van der Waals surface area (Å²) in [5.74, 6) is -1.34. The molecule has 2 aromatic rings. The van der Waals surface area contributed by atoms with Crippen LogP contribution in [0, 0.1) is 6.92 Å². The van der Waals surface area contributed by atoms with E-state index < -0.39 is 35.1 Å². The Morgan fingerprint density at radius 2 is 1.65 bits per heavy atom. The molecule has 0 radical (unpaired) electrons. The number of amides is 1. The summed E-state index contributed by atoms with van der Waals surface area (Å²) in [5, 5.41) is 3.11. The summed E-state index contributed by atoms with van der Waals surface area (Å²) in [5.41, 5.74) is 0.915. The number of carbonyl (C=O) groups is 2. The molecule has 0 saturated carbocycles. The summed E-state index contributed by atoms with van der Waals surface area (Å²) in [4.78, 5) is 24.0. The zero-order valence-corrected chi connectivity index (χ0v) is 19.8. The van der Waals surface area contributed by atoms with Crippen molar-refractivity contribution in [2.45, 2.75) is 11.8 Å². The molecule has 31 heavy (non-hydrogen) atoms. The van der Waals surface area contributed by atoms with E-state index in [-0.39, 0.29) is 31.4 Å². The van der Waals surface area contributed by atoms with Gasteiger partial charge in [-0.05, 0) is 30.7 Å². The molecule has 0 fully saturated rings. The Hall–Kier alpha value is -2.04. The van der Waals surface area contributed by atoms with Crippen molar-refractivity contribution in [2.24, 2.45) is 0 Å². The van der Waals surface area contributed by atoms with E-state index in [0.29, 0.717) is 5.56 Å². The van der Waals surface area contributed by atoms with Crippen LogP contribution in [0.5, 0.6) is 5.75 Å². The number of aryl methyl sites for hydroxylation is 1. The van der Waals surface area contributed by atoms with Crippen molar-refractivity contribution >= 4 is 62.4 Å². The highest BCUT2D eigenvalue weighted by atomic mass is 35.5. The predicted molar refractivity (Wildman–Crippen MR) is 119 cm³/mol. The van der Waals surface area contributed by atoms with E-state index in [4.69, 9.17) is 44.3 Å². The number of anilines is 1. The van der Waals surface area contributed by atoms with Gasteiger partial charge in [-0.3, -0.25) is 4.79 Å². The Kier molecular flexibility index (Phi) is 8.56. The van der Waals surface area contributed by atoms with Crippen LogP contribution < -0.4 is 10.1 Å². The van der Waals surface area contributed by atoms with E-state index in [1.54, 1.807) is 13.0 Å². The number of halogens is 3. The number of nitrogens with zero attached hydrogens (tertiary/aromatic N) is 1. The molecule has 1 amide bonds. The normalized spacial score (nSPS) is 11.3. The van der Waals surface area contributed by atoms with Crippen LogP contribution in [-0.2, 0) is 24.3 Å². The summed E-state index contributed by atoms with van der Waals surface area (Å²) in [6, 6.07) is 7.05. The second-order valence-corrected chi connectivity index (χ2v) is 9.83. The van der Waals surface area contributed by atoms with Gasteiger partial charge in [0.15, 0.2) is 13.2 Å². The van der Waals surface area contributed by atoms with Gasteiger partial charge in [0.1, 0.15) is 5.75 Å². The third-order valence-corrected chi connectivity index (χ3v) is 6.77. The maximum absolute atomic E-state index is 12.3. The average Bonchev–Trinajstić information content (AvgIpc) is 2.69.